The molecule has 0 saturated carbocycles. The maximum atomic E-state index is 12.5. The summed E-state index contributed by atoms with van der Waals surface area (Å²) in [6, 6.07) is 4.85. The quantitative estimate of drug-likeness (QED) is 0.501. The fourth-order valence-electron chi connectivity index (χ4n) is 2.28. The van der Waals surface area contributed by atoms with Gasteiger partial charge in [-0.15, -0.1) is 0 Å². The van der Waals surface area contributed by atoms with E-state index in [4.69, 9.17) is 0 Å². The summed E-state index contributed by atoms with van der Waals surface area (Å²) in [5.74, 6) is -0.600. The Balaban J connectivity index is 2.26. The number of benzene rings is 1. The van der Waals surface area contributed by atoms with Crippen LogP contribution in [0.25, 0.3) is 0 Å². The SMILES string of the molecule is CC(=O)CCN1C(=O)N[C@@](C)(c2ccc([N+](=O)[O-])cc2)C1=O. The van der Waals surface area contributed by atoms with E-state index in [-0.39, 0.29) is 24.4 Å². The molecule has 0 unspecified atom stereocenters. The number of amides is 3. The molecule has 0 aliphatic carbocycles. The third kappa shape index (κ3) is 2.67. The molecule has 1 atom stereocenters. The number of ketones is 1. The van der Waals surface area contributed by atoms with Gasteiger partial charge in [0.2, 0.25) is 0 Å². The smallest absolute Gasteiger partial charge is 0.319 e. The highest BCUT2D eigenvalue weighted by atomic mass is 16.6. The summed E-state index contributed by atoms with van der Waals surface area (Å²) in [6.07, 6.45) is 0.0928. The Bertz CT molecular complexity index is 655. The van der Waals surface area contributed by atoms with Crippen LogP contribution in [0, 0.1) is 10.1 Å². The van der Waals surface area contributed by atoms with Gasteiger partial charge < -0.3 is 5.32 Å². The number of hydrogen-bond donors (Lipinski definition) is 1. The molecule has 0 radical (unpaired) electrons. The van der Waals surface area contributed by atoms with E-state index >= 15 is 0 Å². The minimum Gasteiger partial charge on any atom is -0.319 e. The number of Topliss-reactive ketones (excluding diaryl/α,β-unsaturated/α-hetero) is 1. The van der Waals surface area contributed by atoms with Gasteiger partial charge in [-0.2, -0.15) is 0 Å². The molecule has 22 heavy (non-hydrogen) atoms. The van der Waals surface area contributed by atoms with Gasteiger partial charge in [0, 0.05) is 25.1 Å². The van der Waals surface area contributed by atoms with Crippen LogP contribution in [-0.2, 0) is 15.1 Å². The molecule has 1 heterocycles. The zero-order valence-electron chi connectivity index (χ0n) is 12.2. The first-order chi connectivity index (χ1) is 10.3. The number of urea groups is 1. The zero-order valence-corrected chi connectivity index (χ0v) is 12.2. The zero-order chi connectivity index (χ0) is 16.5. The average molecular weight is 305 g/mol. The van der Waals surface area contributed by atoms with Crippen LogP contribution in [0.5, 0.6) is 0 Å². The van der Waals surface area contributed by atoms with Crippen molar-refractivity contribution in [2.45, 2.75) is 25.8 Å². The second-order valence-electron chi connectivity index (χ2n) is 5.27. The Labute approximate surface area is 126 Å². The van der Waals surface area contributed by atoms with Gasteiger partial charge in [-0.25, -0.2) is 4.79 Å². The van der Waals surface area contributed by atoms with Crippen molar-refractivity contribution in [2.24, 2.45) is 0 Å². The van der Waals surface area contributed by atoms with Crippen molar-refractivity contribution in [2.75, 3.05) is 6.54 Å². The standard InChI is InChI=1S/C14H15N3O5/c1-9(18)7-8-16-12(19)14(2,15-13(16)20)10-3-5-11(6-4-10)17(21)22/h3-6H,7-8H2,1-2H3,(H,15,20)/t14-/m0/s1. The van der Waals surface area contributed by atoms with Crippen LogP contribution in [0.3, 0.4) is 0 Å². The summed E-state index contributed by atoms with van der Waals surface area (Å²) in [4.78, 5) is 46.5. The van der Waals surface area contributed by atoms with E-state index in [9.17, 15) is 24.5 Å². The van der Waals surface area contributed by atoms with Gasteiger partial charge in [0.15, 0.2) is 0 Å². The fraction of sp³-hybridized carbons (Fsp3) is 0.357. The number of carbonyl (C=O) groups excluding carboxylic acids is 3. The van der Waals surface area contributed by atoms with Crippen molar-refractivity contribution < 1.29 is 19.3 Å². The molecule has 0 aromatic heterocycles. The lowest BCUT2D eigenvalue weighted by molar-refractivity contribution is -0.384. The van der Waals surface area contributed by atoms with Gasteiger partial charge in [0.25, 0.3) is 11.6 Å². The van der Waals surface area contributed by atoms with Crippen molar-refractivity contribution in [1.82, 2.24) is 10.2 Å². The lowest BCUT2D eigenvalue weighted by atomic mass is 9.92. The molecule has 1 N–H and O–H groups in total. The van der Waals surface area contributed by atoms with Crippen LogP contribution in [0.1, 0.15) is 25.8 Å². The molecular weight excluding hydrogens is 290 g/mol. The Morgan fingerprint density at radius 1 is 1.32 bits per heavy atom. The third-order valence-corrected chi connectivity index (χ3v) is 3.62. The van der Waals surface area contributed by atoms with Crippen LogP contribution >= 0.6 is 0 Å². The van der Waals surface area contributed by atoms with E-state index in [2.05, 4.69) is 5.32 Å². The van der Waals surface area contributed by atoms with Gasteiger partial charge in [-0.3, -0.25) is 24.6 Å². The number of nitro benzene ring substituents is 1. The molecule has 1 aromatic rings. The highest BCUT2D eigenvalue weighted by molar-refractivity contribution is 6.07. The van der Waals surface area contributed by atoms with Crippen LogP contribution in [-0.4, -0.2) is 34.1 Å². The van der Waals surface area contributed by atoms with Gasteiger partial charge in [-0.1, -0.05) is 0 Å². The van der Waals surface area contributed by atoms with Gasteiger partial charge in [0.1, 0.15) is 11.3 Å². The summed E-state index contributed by atoms with van der Waals surface area (Å²) in [6.45, 7) is 2.93. The monoisotopic (exact) mass is 305 g/mol. The summed E-state index contributed by atoms with van der Waals surface area (Å²) in [5.41, 5.74) is -0.942. The van der Waals surface area contributed by atoms with Crippen LogP contribution in [0.4, 0.5) is 10.5 Å². The predicted molar refractivity (Wildman–Crippen MR) is 76.0 cm³/mol. The van der Waals surface area contributed by atoms with E-state index in [1.54, 1.807) is 0 Å². The molecule has 0 bridgehead atoms. The second kappa shape index (κ2) is 5.55. The van der Waals surface area contributed by atoms with Crippen LogP contribution < -0.4 is 5.32 Å². The first-order valence-corrected chi connectivity index (χ1v) is 6.64. The van der Waals surface area contributed by atoms with Gasteiger partial charge in [-0.05, 0) is 31.5 Å². The number of non-ortho nitro benzene ring substituents is 1. The molecule has 1 saturated heterocycles. The number of hydrogen-bond acceptors (Lipinski definition) is 5. The van der Waals surface area contributed by atoms with Crippen LogP contribution in [0.15, 0.2) is 24.3 Å². The molecule has 116 valence electrons. The molecule has 0 spiro atoms. The number of rotatable bonds is 5. The lowest BCUT2D eigenvalue weighted by Gasteiger charge is -2.22. The summed E-state index contributed by atoms with van der Waals surface area (Å²) < 4.78 is 0. The number of carbonyl (C=O) groups is 3. The van der Waals surface area contributed by atoms with E-state index < -0.39 is 22.4 Å². The molecule has 1 aliphatic rings. The molecule has 1 aromatic carbocycles. The van der Waals surface area contributed by atoms with Crippen molar-refractivity contribution >= 4 is 23.4 Å². The number of nitrogens with one attached hydrogen (secondary N) is 1. The van der Waals surface area contributed by atoms with E-state index in [0.717, 1.165) is 4.90 Å². The minimum absolute atomic E-state index is 0.0164. The summed E-state index contributed by atoms with van der Waals surface area (Å²) in [5, 5.41) is 13.2. The number of nitro groups is 1. The van der Waals surface area contributed by atoms with Crippen molar-refractivity contribution in [3.63, 3.8) is 0 Å². The third-order valence-electron chi connectivity index (χ3n) is 3.62. The normalized spacial score (nSPS) is 20.9. The van der Waals surface area contributed by atoms with Gasteiger partial charge in [0.05, 0.1) is 4.92 Å². The Morgan fingerprint density at radius 2 is 1.91 bits per heavy atom. The predicted octanol–water partition coefficient (Wildman–Crippen LogP) is 1.34. The topological polar surface area (TPSA) is 110 Å². The highest BCUT2D eigenvalue weighted by Gasteiger charge is 2.48. The molecular formula is C14H15N3O5. The molecule has 1 aliphatic heterocycles. The molecule has 1 fully saturated rings. The Kier molecular flexibility index (Phi) is 3.94. The van der Waals surface area contributed by atoms with Crippen molar-refractivity contribution in [3.8, 4) is 0 Å². The molecule has 2 rings (SSSR count). The Hall–Kier alpha value is -2.77. The fourth-order valence-corrected chi connectivity index (χ4v) is 2.28. The lowest BCUT2D eigenvalue weighted by Crippen LogP contribution is -2.41. The Morgan fingerprint density at radius 3 is 2.41 bits per heavy atom. The maximum Gasteiger partial charge on any atom is 0.325 e. The van der Waals surface area contributed by atoms with Crippen molar-refractivity contribution in [3.05, 3.63) is 39.9 Å². The summed E-state index contributed by atoms with van der Waals surface area (Å²) >= 11 is 0. The molecule has 3 amide bonds. The number of imide groups is 1. The van der Waals surface area contributed by atoms with E-state index in [1.807, 2.05) is 0 Å². The second-order valence-corrected chi connectivity index (χ2v) is 5.27. The first kappa shape index (κ1) is 15.6. The van der Waals surface area contributed by atoms with Gasteiger partial charge >= 0.3 is 6.03 Å². The molecule has 8 nitrogen and oxygen atoms in total. The van der Waals surface area contributed by atoms with Crippen molar-refractivity contribution in [1.29, 1.82) is 0 Å². The average Bonchev–Trinajstić information content (AvgIpc) is 2.68. The minimum atomic E-state index is -1.29. The highest BCUT2D eigenvalue weighted by Crippen LogP contribution is 2.30. The van der Waals surface area contributed by atoms with E-state index in [0.29, 0.717) is 5.56 Å². The summed E-state index contributed by atoms with van der Waals surface area (Å²) in [7, 11) is 0. The first-order valence-electron chi connectivity index (χ1n) is 6.64. The van der Waals surface area contributed by atoms with E-state index in [1.165, 1.54) is 38.1 Å². The number of nitrogens with zero attached hydrogens (tertiary/aromatic N) is 2. The maximum absolute atomic E-state index is 12.5. The largest absolute Gasteiger partial charge is 0.325 e. The molecule has 8 heteroatoms. The van der Waals surface area contributed by atoms with Crippen LogP contribution in [0.2, 0.25) is 0 Å².